The monoisotopic (exact) mass is 278 g/mol. The summed E-state index contributed by atoms with van der Waals surface area (Å²) in [4.78, 5) is 0.791. The average Bonchev–Trinajstić information content (AvgIpc) is 2.97. The topological polar surface area (TPSA) is 63.0 Å². The molecule has 1 aromatic carbocycles. The molecule has 0 spiro atoms. The first-order valence-corrected chi connectivity index (χ1v) is 5.98. The van der Waals surface area contributed by atoms with Crippen molar-refractivity contribution in [3.63, 3.8) is 0 Å². The zero-order valence-electron chi connectivity index (χ0n) is 9.34. The van der Waals surface area contributed by atoms with Gasteiger partial charge in [-0.05, 0) is 24.3 Å². The summed E-state index contributed by atoms with van der Waals surface area (Å²) in [5.41, 5.74) is 6.55. The maximum atomic E-state index is 7.48. The molecular weight excluding hydrogens is 268 g/mol. The van der Waals surface area contributed by atoms with Gasteiger partial charge >= 0.3 is 0 Å². The molecule has 0 saturated heterocycles. The second-order valence-corrected chi connectivity index (χ2v) is 4.80. The number of thiophene rings is 1. The smallest absolute Gasteiger partial charge is 0.134 e. The molecule has 3 rings (SSSR count). The molecule has 2 heterocycles. The van der Waals surface area contributed by atoms with Crippen LogP contribution in [0.3, 0.4) is 0 Å². The molecular formula is C13H11ClN2OS. The molecule has 3 N–H and O–H groups in total. The van der Waals surface area contributed by atoms with E-state index >= 15 is 0 Å². The predicted octanol–water partition coefficient (Wildman–Crippen LogP) is 3.87. The lowest BCUT2D eigenvalue weighted by molar-refractivity contribution is 0.583. The highest BCUT2D eigenvalue weighted by Gasteiger charge is 2.10. The number of nitrogen functional groups attached to an aromatic ring is 1. The zero-order valence-corrected chi connectivity index (χ0v) is 11.0. The van der Waals surface area contributed by atoms with Crippen LogP contribution in [0.4, 0.5) is 0 Å². The summed E-state index contributed by atoms with van der Waals surface area (Å²) >= 11 is 1.53. The number of nitrogens with two attached hydrogens (primary N) is 1. The van der Waals surface area contributed by atoms with E-state index in [2.05, 4.69) is 0 Å². The van der Waals surface area contributed by atoms with Crippen molar-refractivity contribution in [1.29, 1.82) is 5.41 Å². The minimum absolute atomic E-state index is 0. The summed E-state index contributed by atoms with van der Waals surface area (Å²) in [6.45, 7) is 0. The van der Waals surface area contributed by atoms with Crippen LogP contribution in [0.5, 0.6) is 0 Å². The number of hydrogen-bond donors (Lipinski definition) is 2. The third-order valence-corrected chi connectivity index (χ3v) is 3.75. The molecule has 0 unspecified atom stereocenters. The van der Waals surface area contributed by atoms with Crippen LogP contribution < -0.4 is 5.73 Å². The van der Waals surface area contributed by atoms with E-state index in [1.54, 1.807) is 6.26 Å². The van der Waals surface area contributed by atoms with Gasteiger partial charge in [-0.15, -0.1) is 23.7 Å². The molecule has 3 aromatic rings. The Kier molecular flexibility index (Phi) is 3.41. The minimum Gasteiger partial charge on any atom is -0.464 e. The number of rotatable bonds is 2. The predicted molar refractivity (Wildman–Crippen MR) is 77.8 cm³/mol. The van der Waals surface area contributed by atoms with E-state index in [0.29, 0.717) is 0 Å². The van der Waals surface area contributed by atoms with Crippen LogP contribution in [-0.2, 0) is 0 Å². The van der Waals surface area contributed by atoms with Crippen LogP contribution >= 0.6 is 23.7 Å². The summed E-state index contributed by atoms with van der Waals surface area (Å²) in [5, 5.41) is 8.56. The number of amidine groups is 1. The number of hydrogen-bond acceptors (Lipinski definition) is 3. The second kappa shape index (κ2) is 4.84. The van der Waals surface area contributed by atoms with Crippen LogP contribution in [0, 0.1) is 5.41 Å². The van der Waals surface area contributed by atoms with Gasteiger partial charge in [-0.2, -0.15) is 0 Å². The van der Waals surface area contributed by atoms with E-state index in [1.165, 1.54) is 11.3 Å². The molecule has 0 amide bonds. The van der Waals surface area contributed by atoms with Gasteiger partial charge in [0.1, 0.15) is 11.6 Å². The number of halogens is 1. The summed E-state index contributed by atoms with van der Waals surface area (Å²) in [6, 6.07) is 11.8. The van der Waals surface area contributed by atoms with Crippen molar-refractivity contribution in [3.8, 4) is 11.3 Å². The van der Waals surface area contributed by atoms with Crippen molar-refractivity contribution in [2.75, 3.05) is 0 Å². The van der Waals surface area contributed by atoms with Gasteiger partial charge in [-0.3, -0.25) is 5.41 Å². The van der Waals surface area contributed by atoms with Crippen LogP contribution in [-0.4, -0.2) is 5.84 Å². The second-order valence-electron chi connectivity index (χ2n) is 3.72. The Balaban J connectivity index is 0.00000120. The highest BCUT2D eigenvalue weighted by Crippen LogP contribution is 2.34. The first kappa shape index (κ1) is 12.7. The Morgan fingerprint density at radius 3 is 2.72 bits per heavy atom. The van der Waals surface area contributed by atoms with E-state index in [9.17, 15) is 0 Å². The minimum atomic E-state index is 0. The van der Waals surface area contributed by atoms with E-state index < -0.39 is 0 Å². The molecule has 0 aliphatic rings. The lowest BCUT2D eigenvalue weighted by atomic mass is 10.1. The van der Waals surface area contributed by atoms with E-state index in [-0.39, 0.29) is 18.2 Å². The summed E-state index contributed by atoms with van der Waals surface area (Å²) in [5.74, 6) is 0.945. The Morgan fingerprint density at radius 1 is 1.22 bits per heavy atom. The molecule has 0 aliphatic heterocycles. The summed E-state index contributed by atoms with van der Waals surface area (Å²) in [6.07, 6.45) is 1.66. The molecule has 92 valence electrons. The maximum Gasteiger partial charge on any atom is 0.134 e. The number of benzene rings is 1. The van der Waals surface area contributed by atoms with Crippen molar-refractivity contribution < 1.29 is 4.42 Å². The Hall–Kier alpha value is -1.78. The quantitative estimate of drug-likeness (QED) is 0.552. The third-order valence-electron chi connectivity index (χ3n) is 2.61. The van der Waals surface area contributed by atoms with Gasteiger partial charge in [-0.25, -0.2) is 0 Å². The maximum absolute atomic E-state index is 7.48. The molecule has 0 radical (unpaired) electrons. The first-order chi connectivity index (χ1) is 8.25. The van der Waals surface area contributed by atoms with E-state index in [4.69, 9.17) is 15.6 Å². The largest absolute Gasteiger partial charge is 0.464 e. The van der Waals surface area contributed by atoms with E-state index in [1.807, 2.05) is 36.4 Å². The van der Waals surface area contributed by atoms with Crippen LogP contribution in [0.2, 0.25) is 0 Å². The highest BCUT2D eigenvalue weighted by atomic mass is 35.5. The lowest BCUT2D eigenvalue weighted by Gasteiger charge is -1.98. The number of furan rings is 1. The molecule has 3 nitrogen and oxygen atoms in total. The van der Waals surface area contributed by atoms with Crippen molar-refractivity contribution in [1.82, 2.24) is 0 Å². The molecule has 2 aromatic heterocycles. The molecule has 0 fully saturated rings. The van der Waals surface area contributed by atoms with Gasteiger partial charge in [0.25, 0.3) is 0 Å². The van der Waals surface area contributed by atoms with Gasteiger partial charge < -0.3 is 10.2 Å². The van der Waals surface area contributed by atoms with Gasteiger partial charge in [-0.1, -0.05) is 12.1 Å². The average molecular weight is 279 g/mol. The molecule has 5 heteroatoms. The SMILES string of the molecule is Cl.N=C(N)c1cc2c(-c3ccco3)cccc2s1. The fourth-order valence-electron chi connectivity index (χ4n) is 1.84. The standard InChI is InChI=1S/C13H10N2OS.ClH/c14-13(15)12-7-9-8(10-4-2-6-16-10)3-1-5-11(9)17-12;/h1-7H,(H3,14,15);1H. The van der Waals surface area contributed by atoms with Gasteiger partial charge in [0.15, 0.2) is 0 Å². The van der Waals surface area contributed by atoms with Crippen LogP contribution in [0.1, 0.15) is 4.88 Å². The number of nitrogens with one attached hydrogen (secondary N) is 1. The van der Waals surface area contributed by atoms with Crippen LogP contribution in [0.25, 0.3) is 21.4 Å². The lowest BCUT2D eigenvalue weighted by Crippen LogP contribution is -2.08. The molecule has 0 bridgehead atoms. The molecule has 0 atom stereocenters. The highest BCUT2D eigenvalue weighted by molar-refractivity contribution is 7.20. The fraction of sp³-hybridized carbons (Fsp3) is 0. The van der Waals surface area contributed by atoms with Crippen LogP contribution in [0.15, 0.2) is 47.1 Å². The summed E-state index contributed by atoms with van der Waals surface area (Å²) < 4.78 is 6.53. The van der Waals surface area contributed by atoms with Crippen molar-refractivity contribution in [2.24, 2.45) is 5.73 Å². The Bertz CT molecular complexity index is 688. The van der Waals surface area contributed by atoms with Gasteiger partial charge in [0, 0.05) is 15.6 Å². The molecule has 0 aliphatic carbocycles. The molecule has 0 saturated carbocycles. The summed E-state index contributed by atoms with van der Waals surface area (Å²) in [7, 11) is 0. The van der Waals surface area contributed by atoms with Gasteiger partial charge in [0.05, 0.1) is 11.1 Å². The van der Waals surface area contributed by atoms with Crippen molar-refractivity contribution in [2.45, 2.75) is 0 Å². The molecule has 18 heavy (non-hydrogen) atoms. The Labute approximate surface area is 114 Å². The Morgan fingerprint density at radius 2 is 2.06 bits per heavy atom. The fourth-order valence-corrected chi connectivity index (χ4v) is 2.79. The number of fused-ring (bicyclic) bond motifs is 1. The van der Waals surface area contributed by atoms with E-state index in [0.717, 1.165) is 26.3 Å². The van der Waals surface area contributed by atoms with Crippen molar-refractivity contribution >= 4 is 39.7 Å². The zero-order chi connectivity index (χ0) is 11.8. The van der Waals surface area contributed by atoms with Gasteiger partial charge in [0.2, 0.25) is 0 Å². The first-order valence-electron chi connectivity index (χ1n) is 5.16. The normalized spacial score (nSPS) is 10.2. The van der Waals surface area contributed by atoms with Crippen molar-refractivity contribution in [3.05, 3.63) is 47.5 Å². The third kappa shape index (κ3) is 2.00.